The van der Waals surface area contributed by atoms with Gasteiger partial charge in [-0.05, 0) is 38.6 Å². The molecule has 84 valence electrons. The van der Waals surface area contributed by atoms with Gasteiger partial charge in [-0.25, -0.2) is 0 Å². The number of likely N-dealkylation sites (N-methyl/N-ethyl adjacent to an activating group) is 1. The molecular weight excluding hydrogens is 190 g/mol. The van der Waals surface area contributed by atoms with Crippen molar-refractivity contribution in [2.45, 2.75) is 13.3 Å². The van der Waals surface area contributed by atoms with E-state index in [4.69, 9.17) is 9.47 Å². The van der Waals surface area contributed by atoms with Gasteiger partial charge in [0.1, 0.15) is 0 Å². The van der Waals surface area contributed by atoms with Gasteiger partial charge in [0, 0.05) is 0 Å². The van der Waals surface area contributed by atoms with Gasteiger partial charge < -0.3 is 14.8 Å². The lowest BCUT2D eigenvalue weighted by Gasteiger charge is -2.13. The molecule has 1 N–H and O–H groups in total. The van der Waals surface area contributed by atoms with Gasteiger partial charge in [-0.1, -0.05) is 12.1 Å². The highest BCUT2D eigenvalue weighted by molar-refractivity contribution is 5.46. The van der Waals surface area contributed by atoms with Crippen molar-refractivity contribution in [2.24, 2.45) is 0 Å². The molecule has 0 amide bonds. The van der Waals surface area contributed by atoms with Gasteiger partial charge in [0.05, 0.1) is 13.7 Å². The lowest BCUT2D eigenvalue weighted by atomic mass is 10.1. The molecule has 0 aromatic heterocycles. The van der Waals surface area contributed by atoms with Crippen molar-refractivity contribution in [2.75, 3.05) is 27.3 Å². The minimum atomic E-state index is 0.659. The first-order valence-electron chi connectivity index (χ1n) is 5.26. The van der Waals surface area contributed by atoms with Crippen LogP contribution in [0.15, 0.2) is 18.2 Å². The fourth-order valence-corrected chi connectivity index (χ4v) is 1.52. The van der Waals surface area contributed by atoms with Crippen molar-refractivity contribution in [3.63, 3.8) is 0 Å². The van der Waals surface area contributed by atoms with Crippen LogP contribution in [0.25, 0.3) is 0 Å². The Balaban J connectivity index is 2.88. The van der Waals surface area contributed by atoms with Gasteiger partial charge in [0.15, 0.2) is 11.5 Å². The minimum Gasteiger partial charge on any atom is -0.493 e. The molecule has 1 rings (SSSR count). The lowest BCUT2D eigenvalue weighted by Crippen LogP contribution is -2.11. The number of para-hydroxylation sites is 1. The van der Waals surface area contributed by atoms with Crippen LogP contribution in [0.5, 0.6) is 11.5 Å². The van der Waals surface area contributed by atoms with Gasteiger partial charge in [-0.3, -0.25) is 0 Å². The molecule has 3 heteroatoms. The summed E-state index contributed by atoms with van der Waals surface area (Å²) in [6.45, 7) is 3.57. The first kappa shape index (κ1) is 11.9. The second-order valence-electron chi connectivity index (χ2n) is 3.24. The maximum Gasteiger partial charge on any atom is 0.163 e. The SMILES string of the molecule is CCOc1cccc(CCNC)c1OC. The zero-order valence-corrected chi connectivity index (χ0v) is 9.67. The standard InChI is InChI=1S/C12H19NO2/c1-4-15-11-7-5-6-10(8-9-13-2)12(11)14-3/h5-7,13H,4,8-9H2,1-3H3. The third kappa shape index (κ3) is 3.13. The topological polar surface area (TPSA) is 30.5 Å². The normalized spacial score (nSPS) is 10.1. The Labute approximate surface area is 91.4 Å². The molecule has 0 unspecified atom stereocenters. The zero-order valence-electron chi connectivity index (χ0n) is 9.67. The highest BCUT2D eigenvalue weighted by Crippen LogP contribution is 2.31. The molecule has 0 aliphatic carbocycles. The summed E-state index contributed by atoms with van der Waals surface area (Å²) in [5.74, 6) is 1.68. The Morgan fingerprint density at radius 2 is 2.13 bits per heavy atom. The van der Waals surface area contributed by atoms with Crippen molar-refractivity contribution in [1.82, 2.24) is 5.32 Å². The van der Waals surface area contributed by atoms with E-state index < -0.39 is 0 Å². The van der Waals surface area contributed by atoms with Gasteiger partial charge in [0.25, 0.3) is 0 Å². The van der Waals surface area contributed by atoms with E-state index in [1.807, 2.05) is 26.1 Å². The number of benzene rings is 1. The van der Waals surface area contributed by atoms with E-state index >= 15 is 0 Å². The number of nitrogens with one attached hydrogen (secondary N) is 1. The predicted octanol–water partition coefficient (Wildman–Crippen LogP) is 1.86. The average Bonchev–Trinajstić information content (AvgIpc) is 2.27. The number of hydrogen-bond acceptors (Lipinski definition) is 3. The second-order valence-corrected chi connectivity index (χ2v) is 3.24. The molecule has 0 bridgehead atoms. The van der Waals surface area contributed by atoms with Crippen molar-refractivity contribution < 1.29 is 9.47 Å². The molecule has 3 nitrogen and oxygen atoms in total. The first-order chi connectivity index (χ1) is 7.33. The Hall–Kier alpha value is -1.22. The fraction of sp³-hybridized carbons (Fsp3) is 0.500. The Kier molecular flexibility index (Phi) is 4.98. The summed E-state index contributed by atoms with van der Waals surface area (Å²) in [5, 5.41) is 3.12. The molecular formula is C12H19NO2. The average molecular weight is 209 g/mol. The number of hydrogen-bond donors (Lipinski definition) is 1. The largest absolute Gasteiger partial charge is 0.493 e. The Morgan fingerprint density at radius 3 is 2.73 bits per heavy atom. The van der Waals surface area contributed by atoms with Crippen LogP contribution in [0.4, 0.5) is 0 Å². The van der Waals surface area contributed by atoms with Crippen molar-refractivity contribution in [1.29, 1.82) is 0 Å². The Morgan fingerprint density at radius 1 is 1.33 bits per heavy atom. The van der Waals surface area contributed by atoms with Gasteiger partial charge in [-0.15, -0.1) is 0 Å². The molecule has 0 fully saturated rings. The van der Waals surface area contributed by atoms with Crippen LogP contribution < -0.4 is 14.8 Å². The molecule has 15 heavy (non-hydrogen) atoms. The van der Waals surface area contributed by atoms with E-state index in [0.29, 0.717) is 6.61 Å². The van der Waals surface area contributed by atoms with E-state index in [9.17, 15) is 0 Å². The molecule has 0 spiro atoms. The van der Waals surface area contributed by atoms with E-state index in [-0.39, 0.29) is 0 Å². The van der Waals surface area contributed by atoms with Crippen molar-refractivity contribution in [3.05, 3.63) is 23.8 Å². The van der Waals surface area contributed by atoms with Crippen LogP contribution in [-0.4, -0.2) is 27.3 Å². The summed E-state index contributed by atoms with van der Waals surface area (Å²) < 4.78 is 10.9. The molecule has 0 heterocycles. The third-order valence-corrected chi connectivity index (χ3v) is 2.21. The van der Waals surface area contributed by atoms with Gasteiger partial charge >= 0.3 is 0 Å². The van der Waals surface area contributed by atoms with E-state index in [1.165, 1.54) is 5.56 Å². The van der Waals surface area contributed by atoms with Crippen LogP contribution in [0.3, 0.4) is 0 Å². The molecule has 0 atom stereocenters. The predicted molar refractivity (Wildman–Crippen MR) is 61.8 cm³/mol. The maximum atomic E-state index is 5.50. The van der Waals surface area contributed by atoms with Crippen LogP contribution in [0.2, 0.25) is 0 Å². The van der Waals surface area contributed by atoms with Crippen LogP contribution in [0.1, 0.15) is 12.5 Å². The monoisotopic (exact) mass is 209 g/mol. The van der Waals surface area contributed by atoms with Crippen molar-refractivity contribution >= 4 is 0 Å². The molecule has 0 saturated heterocycles. The summed E-state index contributed by atoms with van der Waals surface area (Å²) in [6, 6.07) is 6.00. The summed E-state index contributed by atoms with van der Waals surface area (Å²) in [6.07, 6.45) is 0.945. The van der Waals surface area contributed by atoms with Gasteiger partial charge in [-0.2, -0.15) is 0 Å². The highest BCUT2D eigenvalue weighted by atomic mass is 16.5. The fourth-order valence-electron chi connectivity index (χ4n) is 1.52. The Bertz CT molecular complexity index is 300. The smallest absolute Gasteiger partial charge is 0.163 e. The summed E-state index contributed by atoms with van der Waals surface area (Å²) in [5.41, 5.74) is 1.18. The van der Waals surface area contributed by atoms with Crippen LogP contribution in [0, 0.1) is 0 Å². The summed E-state index contributed by atoms with van der Waals surface area (Å²) >= 11 is 0. The molecule has 0 aliphatic rings. The molecule has 0 aliphatic heterocycles. The van der Waals surface area contributed by atoms with E-state index in [0.717, 1.165) is 24.5 Å². The van der Waals surface area contributed by atoms with Crippen LogP contribution >= 0.6 is 0 Å². The minimum absolute atomic E-state index is 0.659. The molecule has 1 aromatic rings. The quantitative estimate of drug-likeness (QED) is 0.775. The number of rotatable bonds is 6. The van der Waals surface area contributed by atoms with E-state index in [1.54, 1.807) is 7.11 Å². The van der Waals surface area contributed by atoms with Crippen LogP contribution in [-0.2, 0) is 6.42 Å². The maximum absolute atomic E-state index is 5.50. The molecule has 1 aromatic carbocycles. The lowest BCUT2D eigenvalue weighted by molar-refractivity contribution is 0.309. The highest BCUT2D eigenvalue weighted by Gasteiger charge is 2.08. The number of methoxy groups -OCH3 is 1. The first-order valence-corrected chi connectivity index (χ1v) is 5.26. The van der Waals surface area contributed by atoms with Gasteiger partial charge in [0.2, 0.25) is 0 Å². The third-order valence-electron chi connectivity index (χ3n) is 2.21. The summed E-state index contributed by atoms with van der Waals surface area (Å²) in [4.78, 5) is 0. The molecule has 0 saturated carbocycles. The van der Waals surface area contributed by atoms with E-state index in [2.05, 4.69) is 11.4 Å². The second kappa shape index (κ2) is 6.30. The number of ether oxygens (including phenoxy) is 2. The van der Waals surface area contributed by atoms with Crippen molar-refractivity contribution in [3.8, 4) is 11.5 Å². The summed E-state index contributed by atoms with van der Waals surface area (Å²) in [7, 11) is 3.62. The zero-order chi connectivity index (χ0) is 11.1. The molecule has 0 radical (unpaired) electrons.